The van der Waals surface area contributed by atoms with E-state index in [1.165, 1.54) is 47.2 Å². The summed E-state index contributed by atoms with van der Waals surface area (Å²) in [5, 5.41) is 9.04. The first-order valence-corrected chi connectivity index (χ1v) is 12.3. The van der Waals surface area contributed by atoms with E-state index in [-0.39, 0.29) is 5.91 Å². The molecule has 4 nitrogen and oxygen atoms in total. The number of benzene rings is 1. The third kappa shape index (κ3) is 3.98. The quantitative estimate of drug-likeness (QED) is 0.558. The topological polar surface area (TPSA) is 54.0 Å². The molecule has 3 aromatic rings. The van der Waals surface area contributed by atoms with E-state index < -0.39 is 0 Å². The van der Waals surface area contributed by atoms with E-state index >= 15 is 0 Å². The third-order valence-electron chi connectivity index (χ3n) is 6.14. The second-order valence-electron chi connectivity index (χ2n) is 8.32. The van der Waals surface area contributed by atoms with Crippen molar-refractivity contribution in [1.29, 1.82) is 0 Å². The Kier molecular flexibility index (Phi) is 5.41. The van der Waals surface area contributed by atoms with Crippen LogP contribution in [0.25, 0.3) is 20.8 Å². The van der Waals surface area contributed by atoms with Crippen molar-refractivity contribution < 1.29 is 4.79 Å². The predicted octanol–water partition coefficient (Wildman–Crippen LogP) is 5.76. The largest absolute Gasteiger partial charge is 0.317 e. The molecule has 1 fully saturated rings. The van der Waals surface area contributed by atoms with Gasteiger partial charge in [0.1, 0.15) is 10.0 Å². The summed E-state index contributed by atoms with van der Waals surface area (Å²) in [6, 6.07) is 9.52. The van der Waals surface area contributed by atoms with E-state index in [2.05, 4.69) is 28.8 Å². The Morgan fingerprint density at radius 1 is 1.07 bits per heavy atom. The molecule has 1 unspecified atom stereocenters. The Balaban J connectivity index is 1.46. The third-order valence-corrected chi connectivity index (χ3v) is 8.36. The smallest absolute Gasteiger partial charge is 0.221 e. The molecule has 2 heterocycles. The first-order chi connectivity index (χ1) is 14.2. The van der Waals surface area contributed by atoms with E-state index in [1.807, 2.05) is 6.07 Å². The summed E-state index contributed by atoms with van der Waals surface area (Å²) in [5.41, 5.74) is 3.60. The molecule has 2 N–H and O–H groups in total. The number of fused-ring (bicyclic) bond motifs is 2. The minimum atomic E-state index is -0.0113. The van der Waals surface area contributed by atoms with Crippen LogP contribution in [-0.2, 0) is 17.6 Å². The van der Waals surface area contributed by atoms with Gasteiger partial charge in [-0.1, -0.05) is 31.4 Å². The van der Waals surface area contributed by atoms with Gasteiger partial charge in [0.15, 0.2) is 0 Å². The maximum atomic E-state index is 11.9. The zero-order chi connectivity index (χ0) is 19.8. The summed E-state index contributed by atoms with van der Waals surface area (Å²) in [5.74, 6) is -0.0113. The first-order valence-electron chi connectivity index (χ1n) is 10.7. The van der Waals surface area contributed by atoms with Gasteiger partial charge in [0.25, 0.3) is 0 Å². The Bertz CT molecular complexity index is 999. The van der Waals surface area contributed by atoms with Gasteiger partial charge >= 0.3 is 0 Å². The molecule has 2 aromatic heterocycles. The van der Waals surface area contributed by atoms with Crippen molar-refractivity contribution in [3.05, 3.63) is 34.7 Å². The van der Waals surface area contributed by atoms with Crippen LogP contribution in [0.5, 0.6) is 0 Å². The molecule has 5 rings (SSSR count). The molecule has 0 aliphatic heterocycles. The lowest BCUT2D eigenvalue weighted by atomic mass is 9.89. The number of para-hydroxylation sites is 1. The number of nitrogens with zero attached hydrogens (tertiary/aromatic N) is 1. The van der Waals surface area contributed by atoms with Gasteiger partial charge in [-0.2, -0.15) is 0 Å². The highest BCUT2D eigenvalue weighted by Crippen LogP contribution is 2.46. The fourth-order valence-corrected chi connectivity index (χ4v) is 7.27. The maximum absolute atomic E-state index is 11.9. The molecule has 0 saturated heterocycles. The predicted molar refractivity (Wildman–Crippen MR) is 123 cm³/mol. The molecule has 2 aliphatic carbocycles. The number of amides is 1. The number of anilines is 1. The average Bonchev–Trinajstić information content (AvgIpc) is 3.28. The molecule has 1 aromatic carbocycles. The number of hydrogen-bond acceptors (Lipinski definition) is 5. The summed E-state index contributed by atoms with van der Waals surface area (Å²) < 4.78 is 1.20. The highest BCUT2D eigenvalue weighted by atomic mass is 32.1. The van der Waals surface area contributed by atoms with Crippen molar-refractivity contribution in [3.8, 4) is 10.6 Å². The SMILES string of the molecule is CC(=O)Nc1sc2c(c1-c1nc3ccccc3s1)CCC(NC1CCCCC1)C2. The fraction of sp³-hybridized carbons (Fsp3) is 0.478. The number of hydrogen-bond donors (Lipinski definition) is 2. The average molecular weight is 426 g/mol. The van der Waals surface area contributed by atoms with Crippen LogP contribution in [0.3, 0.4) is 0 Å². The van der Waals surface area contributed by atoms with Crippen molar-refractivity contribution in [2.45, 2.75) is 70.4 Å². The van der Waals surface area contributed by atoms with Crippen molar-refractivity contribution in [3.63, 3.8) is 0 Å². The maximum Gasteiger partial charge on any atom is 0.221 e. The molecule has 0 spiro atoms. The first kappa shape index (κ1) is 19.2. The second kappa shape index (κ2) is 8.17. The summed E-state index contributed by atoms with van der Waals surface area (Å²) in [6.07, 6.45) is 10.0. The van der Waals surface area contributed by atoms with E-state index in [4.69, 9.17) is 4.98 Å². The van der Waals surface area contributed by atoms with Crippen molar-refractivity contribution in [2.24, 2.45) is 0 Å². The highest BCUT2D eigenvalue weighted by Gasteiger charge is 2.29. The van der Waals surface area contributed by atoms with Gasteiger partial charge in [-0.3, -0.25) is 4.79 Å². The number of aromatic nitrogens is 1. The zero-order valence-electron chi connectivity index (χ0n) is 16.8. The molecule has 152 valence electrons. The number of thiophene rings is 1. The van der Waals surface area contributed by atoms with Crippen LogP contribution in [0.15, 0.2) is 24.3 Å². The van der Waals surface area contributed by atoms with E-state index in [9.17, 15) is 4.79 Å². The lowest BCUT2D eigenvalue weighted by Gasteiger charge is -2.31. The Hall–Kier alpha value is -1.76. The second-order valence-corrected chi connectivity index (χ2v) is 10.5. The van der Waals surface area contributed by atoms with Gasteiger partial charge in [0, 0.05) is 29.4 Å². The fourth-order valence-electron chi connectivity index (χ4n) is 4.78. The van der Waals surface area contributed by atoms with Gasteiger partial charge < -0.3 is 10.6 Å². The van der Waals surface area contributed by atoms with Crippen LogP contribution in [-0.4, -0.2) is 23.0 Å². The van der Waals surface area contributed by atoms with Crippen LogP contribution in [0.2, 0.25) is 0 Å². The molecule has 1 atom stereocenters. The van der Waals surface area contributed by atoms with Crippen LogP contribution < -0.4 is 10.6 Å². The Morgan fingerprint density at radius 2 is 1.90 bits per heavy atom. The summed E-state index contributed by atoms with van der Waals surface area (Å²) in [7, 11) is 0. The normalized spacial score (nSPS) is 20.0. The molecule has 29 heavy (non-hydrogen) atoms. The molecule has 0 radical (unpaired) electrons. The molecule has 2 aliphatic rings. The van der Waals surface area contributed by atoms with Gasteiger partial charge in [-0.05, 0) is 49.8 Å². The van der Waals surface area contributed by atoms with Crippen LogP contribution >= 0.6 is 22.7 Å². The van der Waals surface area contributed by atoms with Gasteiger partial charge in [0.05, 0.1) is 10.2 Å². The number of rotatable bonds is 4. The molecule has 0 bridgehead atoms. The number of carbonyl (C=O) groups is 1. The standard InChI is InChI=1S/C23H27N3OS2/c1-14(27)24-22-21(23-26-18-9-5-6-10-19(18)28-23)17-12-11-16(13-20(17)29-22)25-15-7-3-2-4-8-15/h5-6,9-10,15-16,25H,2-4,7-8,11-13H2,1H3,(H,24,27). The minimum Gasteiger partial charge on any atom is -0.317 e. The molecular weight excluding hydrogens is 398 g/mol. The minimum absolute atomic E-state index is 0.0113. The van der Waals surface area contributed by atoms with Crippen molar-refractivity contribution in [1.82, 2.24) is 10.3 Å². The Morgan fingerprint density at radius 3 is 2.69 bits per heavy atom. The number of nitrogens with one attached hydrogen (secondary N) is 2. The van der Waals surface area contributed by atoms with E-state index in [0.29, 0.717) is 12.1 Å². The monoisotopic (exact) mass is 425 g/mol. The molecule has 1 saturated carbocycles. The zero-order valence-corrected chi connectivity index (χ0v) is 18.4. The lowest BCUT2D eigenvalue weighted by Crippen LogP contribution is -2.42. The Labute approximate surface area is 179 Å². The summed E-state index contributed by atoms with van der Waals surface area (Å²) in [4.78, 5) is 18.2. The van der Waals surface area contributed by atoms with E-state index in [1.54, 1.807) is 29.6 Å². The summed E-state index contributed by atoms with van der Waals surface area (Å²) >= 11 is 3.48. The molecule has 1 amide bonds. The van der Waals surface area contributed by atoms with Crippen LogP contribution in [0.4, 0.5) is 5.00 Å². The highest BCUT2D eigenvalue weighted by molar-refractivity contribution is 7.22. The van der Waals surface area contributed by atoms with Crippen molar-refractivity contribution in [2.75, 3.05) is 5.32 Å². The van der Waals surface area contributed by atoms with E-state index in [0.717, 1.165) is 40.4 Å². The van der Waals surface area contributed by atoms with Gasteiger partial charge in [-0.15, -0.1) is 22.7 Å². The number of thiazole rings is 1. The molecular formula is C23H27N3OS2. The van der Waals surface area contributed by atoms with Crippen LogP contribution in [0, 0.1) is 0 Å². The number of carbonyl (C=O) groups excluding carboxylic acids is 1. The van der Waals surface area contributed by atoms with Gasteiger partial charge in [-0.25, -0.2) is 4.98 Å². The van der Waals surface area contributed by atoms with Crippen LogP contribution in [0.1, 0.15) is 55.9 Å². The lowest BCUT2D eigenvalue weighted by molar-refractivity contribution is -0.114. The van der Waals surface area contributed by atoms with Gasteiger partial charge in [0.2, 0.25) is 5.91 Å². The summed E-state index contributed by atoms with van der Waals surface area (Å²) in [6.45, 7) is 1.59. The molecule has 6 heteroatoms. The van der Waals surface area contributed by atoms with Crippen molar-refractivity contribution >= 4 is 43.8 Å².